The maximum Gasteiger partial charge on any atom is 0.391 e. The molecule has 0 radical (unpaired) electrons. The molecule has 1 aliphatic rings. The lowest BCUT2D eigenvalue weighted by Crippen LogP contribution is -2.36. The predicted molar refractivity (Wildman–Crippen MR) is 95.0 cm³/mol. The minimum atomic E-state index is -4.18. The fraction of sp³-hybridized carbons (Fsp3) is 0.500. The van der Waals surface area contributed by atoms with E-state index in [1.807, 2.05) is 0 Å². The molecule has 3 N–H and O–H groups in total. The van der Waals surface area contributed by atoms with Crippen LogP contribution in [0.15, 0.2) is 30.3 Å². The average molecular weight is 385 g/mol. The van der Waals surface area contributed by atoms with Crippen LogP contribution < -0.4 is 10.5 Å². The van der Waals surface area contributed by atoms with Crippen molar-refractivity contribution in [3.8, 4) is 5.75 Å². The molecule has 2 aromatic rings. The van der Waals surface area contributed by atoms with Crippen molar-refractivity contribution in [1.82, 2.24) is 0 Å². The number of rotatable bonds is 4. The van der Waals surface area contributed by atoms with Crippen molar-refractivity contribution in [3.63, 3.8) is 0 Å². The van der Waals surface area contributed by atoms with Gasteiger partial charge in [0.25, 0.3) is 0 Å². The van der Waals surface area contributed by atoms with Crippen molar-refractivity contribution < 1.29 is 27.4 Å². The smallest absolute Gasteiger partial charge is 0.391 e. The third kappa shape index (κ3) is 4.19. The molecule has 0 aliphatic heterocycles. The van der Waals surface area contributed by atoms with Gasteiger partial charge in [-0.1, -0.05) is 18.2 Å². The molecule has 2 aromatic carbocycles. The topological polar surface area (TPSA) is 55.5 Å². The Kier molecular flexibility index (Phi) is 5.36. The summed E-state index contributed by atoms with van der Waals surface area (Å²) in [5.41, 5.74) is 5.76. The highest BCUT2D eigenvalue weighted by molar-refractivity contribution is 5.85. The van der Waals surface area contributed by atoms with Gasteiger partial charge in [-0.3, -0.25) is 0 Å². The van der Waals surface area contributed by atoms with E-state index >= 15 is 0 Å². The van der Waals surface area contributed by atoms with Crippen LogP contribution in [-0.4, -0.2) is 24.0 Å². The zero-order valence-electron chi connectivity index (χ0n) is 15.0. The van der Waals surface area contributed by atoms with Gasteiger partial charge in [0, 0.05) is 5.39 Å². The van der Waals surface area contributed by atoms with E-state index in [0.29, 0.717) is 16.3 Å². The fourth-order valence-electron chi connectivity index (χ4n) is 3.50. The molecule has 0 amide bonds. The quantitative estimate of drug-likeness (QED) is 0.754. The van der Waals surface area contributed by atoms with Crippen molar-refractivity contribution in [2.24, 2.45) is 11.7 Å². The molecule has 1 saturated carbocycles. The lowest BCUT2D eigenvalue weighted by molar-refractivity contribution is -0.185. The molecule has 1 fully saturated rings. The molecule has 7 heteroatoms. The van der Waals surface area contributed by atoms with E-state index in [1.54, 1.807) is 31.2 Å². The van der Waals surface area contributed by atoms with Gasteiger partial charge in [0.2, 0.25) is 0 Å². The summed E-state index contributed by atoms with van der Waals surface area (Å²) >= 11 is 0. The average Bonchev–Trinajstić information content (AvgIpc) is 2.63. The van der Waals surface area contributed by atoms with Crippen LogP contribution >= 0.6 is 0 Å². The Morgan fingerprint density at radius 3 is 2.37 bits per heavy atom. The van der Waals surface area contributed by atoms with Crippen molar-refractivity contribution in [1.29, 1.82) is 0 Å². The van der Waals surface area contributed by atoms with Crippen LogP contribution in [0.5, 0.6) is 5.75 Å². The zero-order chi connectivity index (χ0) is 19.8. The van der Waals surface area contributed by atoms with E-state index in [2.05, 4.69) is 0 Å². The van der Waals surface area contributed by atoms with Gasteiger partial charge in [0.1, 0.15) is 0 Å². The molecule has 3 rings (SSSR count). The minimum Gasteiger partial charge on any atom is -0.487 e. The van der Waals surface area contributed by atoms with Crippen molar-refractivity contribution >= 4 is 10.8 Å². The van der Waals surface area contributed by atoms with E-state index in [9.17, 15) is 22.7 Å². The van der Waals surface area contributed by atoms with E-state index < -0.39 is 29.6 Å². The van der Waals surface area contributed by atoms with Crippen LogP contribution in [0.2, 0.25) is 0 Å². The Morgan fingerprint density at radius 2 is 1.78 bits per heavy atom. The summed E-state index contributed by atoms with van der Waals surface area (Å²) in [5.74, 6) is -1.79. The first-order chi connectivity index (χ1) is 12.6. The van der Waals surface area contributed by atoms with Crippen molar-refractivity contribution in [2.45, 2.75) is 50.4 Å². The lowest BCUT2D eigenvalue weighted by atomic mass is 9.87. The maximum absolute atomic E-state index is 14.8. The number of alkyl halides is 3. The highest BCUT2D eigenvalue weighted by Gasteiger charge is 2.41. The standard InChI is InChI=1S/C20H23F4NO2/c1-19(25,11-26)14-5-8-16-12(10-14)2-9-17(18(16)21)27-15-6-3-13(4-7-15)20(22,23)24/h2,5,8-10,13,15,26H,3-4,6-7,11,25H2,1H3/t13?,15?,19-/m0/s1. The molecule has 0 heterocycles. The minimum absolute atomic E-state index is 0.00295. The maximum atomic E-state index is 14.8. The second-order valence-corrected chi connectivity index (χ2v) is 7.52. The number of aliphatic hydroxyl groups excluding tert-OH is 1. The molecule has 0 spiro atoms. The Bertz CT molecular complexity index is 811. The molecule has 0 unspecified atom stereocenters. The first kappa shape index (κ1) is 19.9. The van der Waals surface area contributed by atoms with Gasteiger partial charge in [-0.15, -0.1) is 0 Å². The van der Waals surface area contributed by atoms with Crippen molar-refractivity contribution in [3.05, 3.63) is 41.7 Å². The number of hydrogen-bond donors (Lipinski definition) is 2. The summed E-state index contributed by atoms with van der Waals surface area (Å²) in [6.45, 7) is 1.43. The van der Waals surface area contributed by atoms with Crippen LogP contribution in [0.3, 0.4) is 0 Å². The number of aliphatic hydroxyl groups is 1. The third-order valence-corrected chi connectivity index (χ3v) is 5.34. The molecule has 0 aromatic heterocycles. The summed E-state index contributed by atoms with van der Waals surface area (Å²) in [6, 6.07) is 8.12. The summed E-state index contributed by atoms with van der Waals surface area (Å²) in [5, 5.41) is 10.3. The van der Waals surface area contributed by atoms with Gasteiger partial charge in [-0.25, -0.2) is 4.39 Å². The van der Waals surface area contributed by atoms with Crippen LogP contribution in [-0.2, 0) is 5.54 Å². The Balaban J connectivity index is 1.77. The molecule has 0 saturated heterocycles. The van der Waals surface area contributed by atoms with Crippen molar-refractivity contribution in [2.75, 3.05) is 6.61 Å². The summed E-state index contributed by atoms with van der Waals surface area (Å²) in [6.07, 6.45) is -4.09. The van der Waals surface area contributed by atoms with Crippen LogP contribution in [0.25, 0.3) is 10.8 Å². The van der Waals surface area contributed by atoms with Gasteiger partial charge in [-0.05, 0) is 55.7 Å². The molecule has 27 heavy (non-hydrogen) atoms. The molecule has 148 valence electrons. The monoisotopic (exact) mass is 385 g/mol. The molecule has 3 nitrogen and oxygen atoms in total. The number of halogens is 4. The Morgan fingerprint density at radius 1 is 1.11 bits per heavy atom. The summed E-state index contributed by atoms with van der Waals surface area (Å²) in [7, 11) is 0. The first-order valence-electron chi connectivity index (χ1n) is 8.97. The second kappa shape index (κ2) is 7.28. The lowest BCUT2D eigenvalue weighted by Gasteiger charge is -2.30. The summed E-state index contributed by atoms with van der Waals surface area (Å²) < 4.78 is 58.7. The number of ether oxygens (including phenoxy) is 1. The van der Waals surface area contributed by atoms with Gasteiger partial charge in [-0.2, -0.15) is 13.2 Å². The zero-order valence-corrected chi connectivity index (χ0v) is 15.0. The molecular formula is C20H23F4NO2. The normalized spacial score (nSPS) is 23.2. The predicted octanol–water partition coefficient (Wildman–Crippen LogP) is 4.65. The number of benzene rings is 2. The third-order valence-electron chi connectivity index (χ3n) is 5.34. The summed E-state index contributed by atoms with van der Waals surface area (Å²) in [4.78, 5) is 0. The highest BCUT2D eigenvalue weighted by Crippen LogP contribution is 2.39. The Hall–Kier alpha value is -1.86. The van der Waals surface area contributed by atoms with E-state index in [1.165, 1.54) is 6.07 Å². The number of hydrogen-bond acceptors (Lipinski definition) is 3. The van der Waals surface area contributed by atoms with E-state index in [0.717, 1.165) is 0 Å². The van der Waals surface area contributed by atoms with E-state index in [4.69, 9.17) is 10.5 Å². The van der Waals surface area contributed by atoms with E-state index in [-0.39, 0.29) is 38.0 Å². The Labute approximate surface area is 155 Å². The molecule has 0 bridgehead atoms. The van der Waals surface area contributed by atoms with Gasteiger partial charge < -0.3 is 15.6 Å². The van der Waals surface area contributed by atoms with Gasteiger partial charge >= 0.3 is 6.18 Å². The number of fused-ring (bicyclic) bond motifs is 1. The molecule has 1 aliphatic carbocycles. The second-order valence-electron chi connectivity index (χ2n) is 7.52. The van der Waals surface area contributed by atoms with Crippen LogP contribution in [0.1, 0.15) is 38.2 Å². The molecule has 1 atom stereocenters. The van der Waals surface area contributed by atoms with Crippen LogP contribution in [0.4, 0.5) is 17.6 Å². The SMILES string of the molecule is C[C@](N)(CO)c1ccc2c(F)c(OC3CCC(C(F)(F)F)CC3)ccc2c1. The van der Waals surface area contributed by atoms with Crippen LogP contribution in [0, 0.1) is 11.7 Å². The number of nitrogens with two attached hydrogens (primary N) is 1. The van der Waals surface area contributed by atoms with Gasteiger partial charge in [0.05, 0.1) is 24.2 Å². The largest absolute Gasteiger partial charge is 0.487 e. The fourth-order valence-corrected chi connectivity index (χ4v) is 3.50. The highest BCUT2D eigenvalue weighted by atomic mass is 19.4. The molecular weight excluding hydrogens is 362 g/mol. The first-order valence-corrected chi connectivity index (χ1v) is 8.97. The van der Waals surface area contributed by atoms with Gasteiger partial charge in [0.15, 0.2) is 11.6 Å².